The van der Waals surface area contributed by atoms with Crippen LogP contribution in [0.2, 0.25) is 18.1 Å². The van der Waals surface area contributed by atoms with Gasteiger partial charge in [-0.1, -0.05) is 59.6 Å². The van der Waals surface area contributed by atoms with Gasteiger partial charge in [-0.25, -0.2) is 0 Å². The highest BCUT2D eigenvalue weighted by molar-refractivity contribution is 6.74. The van der Waals surface area contributed by atoms with Gasteiger partial charge < -0.3 is 9.16 Å². The maximum Gasteiger partial charge on any atom is 0.416 e. The fraction of sp³-hybridized carbons (Fsp3) is 0.667. The van der Waals surface area contributed by atoms with E-state index in [0.717, 1.165) is 48.2 Å². The van der Waals surface area contributed by atoms with Gasteiger partial charge in [0.05, 0.1) is 17.4 Å². The lowest BCUT2D eigenvalue weighted by Crippen LogP contribution is -2.44. The van der Waals surface area contributed by atoms with Crippen molar-refractivity contribution in [3.05, 3.63) is 63.5 Å². The van der Waals surface area contributed by atoms with Crippen molar-refractivity contribution in [1.29, 1.82) is 0 Å². The predicted molar refractivity (Wildman–Crippen MR) is 156 cm³/mol. The molecule has 1 aromatic heterocycles. The van der Waals surface area contributed by atoms with Gasteiger partial charge in [0.2, 0.25) is 0 Å². The van der Waals surface area contributed by atoms with Crippen molar-refractivity contribution in [2.24, 2.45) is 5.41 Å². The van der Waals surface area contributed by atoms with Gasteiger partial charge in [-0.2, -0.15) is 13.2 Å². The molecule has 3 nitrogen and oxygen atoms in total. The molecule has 7 heteroatoms. The molecule has 1 unspecified atom stereocenters. The van der Waals surface area contributed by atoms with Crippen LogP contribution in [-0.2, 0) is 27.4 Å². The molecule has 40 heavy (non-hydrogen) atoms. The molecule has 2 atom stereocenters. The first-order valence-corrected chi connectivity index (χ1v) is 17.8. The van der Waals surface area contributed by atoms with Gasteiger partial charge in [-0.15, -0.1) is 0 Å². The lowest BCUT2D eigenvalue weighted by Gasteiger charge is -2.45. The highest BCUT2D eigenvalue weighted by Crippen LogP contribution is 2.56. The van der Waals surface area contributed by atoms with Gasteiger partial charge in [0.15, 0.2) is 8.32 Å². The summed E-state index contributed by atoms with van der Waals surface area (Å²) in [4.78, 5) is 5.38. The number of benzene rings is 1. The molecule has 5 rings (SSSR count). The standard InChI is InChI=1S/C33H46F3NO2Si/c1-30(2,3)40(8,9)39-24-19-31(4,5)18-23-26(24)25(20-12-10-11-13-20)27-28(38-32(6,7)29(27)37-23)21-14-16-22(17-15-21)33(34,35)36/h14-17,20,24,28H,10-13,18-19H2,1-9H3/t24-,28?/m0/s1. The Morgan fingerprint density at radius 1 is 0.925 bits per heavy atom. The third kappa shape index (κ3) is 5.31. The van der Waals surface area contributed by atoms with Crippen molar-refractivity contribution in [2.75, 3.05) is 0 Å². The number of aromatic nitrogens is 1. The Balaban J connectivity index is 1.73. The average molecular weight is 574 g/mol. The Morgan fingerprint density at radius 2 is 1.52 bits per heavy atom. The van der Waals surface area contributed by atoms with Crippen LogP contribution in [0.15, 0.2) is 24.3 Å². The third-order valence-electron chi connectivity index (χ3n) is 9.89. The Kier molecular flexibility index (Phi) is 7.20. The number of nitrogens with zero attached hydrogens (tertiary/aromatic N) is 1. The zero-order chi connectivity index (χ0) is 29.5. The summed E-state index contributed by atoms with van der Waals surface area (Å²) in [5.74, 6) is 0.381. The molecule has 0 spiro atoms. The maximum atomic E-state index is 13.4. The smallest absolute Gasteiger partial charge is 0.410 e. The Morgan fingerprint density at radius 3 is 2.08 bits per heavy atom. The second kappa shape index (κ2) is 9.67. The molecule has 1 aliphatic heterocycles. The van der Waals surface area contributed by atoms with E-state index in [0.29, 0.717) is 5.92 Å². The molecule has 2 aromatic rings. The quantitative estimate of drug-likeness (QED) is 0.341. The Hall–Kier alpha value is -1.70. The van der Waals surface area contributed by atoms with Crippen molar-refractivity contribution in [3.63, 3.8) is 0 Å². The van der Waals surface area contributed by atoms with Crippen LogP contribution in [-0.4, -0.2) is 13.3 Å². The van der Waals surface area contributed by atoms with Crippen molar-refractivity contribution >= 4 is 8.32 Å². The number of hydrogen-bond acceptors (Lipinski definition) is 3. The maximum absolute atomic E-state index is 13.4. The van der Waals surface area contributed by atoms with Crippen molar-refractivity contribution < 1.29 is 22.3 Å². The predicted octanol–water partition coefficient (Wildman–Crippen LogP) is 10.1. The number of fused-ring (bicyclic) bond motifs is 2. The first kappa shape index (κ1) is 29.8. The summed E-state index contributed by atoms with van der Waals surface area (Å²) in [7, 11) is -2.11. The van der Waals surface area contributed by atoms with Crippen LogP contribution in [0.1, 0.15) is 138 Å². The number of ether oxygens (including phenoxy) is 1. The van der Waals surface area contributed by atoms with Crippen molar-refractivity contribution in [3.8, 4) is 0 Å². The summed E-state index contributed by atoms with van der Waals surface area (Å²) in [6, 6.07) is 5.53. The fourth-order valence-electron chi connectivity index (χ4n) is 6.81. The van der Waals surface area contributed by atoms with Gasteiger partial charge in [0, 0.05) is 16.8 Å². The number of halogens is 3. The van der Waals surface area contributed by atoms with Crippen LogP contribution >= 0.6 is 0 Å². The summed E-state index contributed by atoms with van der Waals surface area (Å²) in [6.07, 6.45) is 1.53. The van der Waals surface area contributed by atoms with Crippen LogP contribution in [0.5, 0.6) is 0 Å². The van der Waals surface area contributed by atoms with E-state index >= 15 is 0 Å². The van der Waals surface area contributed by atoms with E-state index in [4.69, 9.17) is 14.1 Å². The molecule has 0 saturated heterocycles. The SMILES string of the molecule is CC1(C)Cc2nc3c(c(C4CCCC4)c2[C@@H](O[Si](C)(C)C(C)(C)C)C1)C(c1ccc(C(F)(F)F)cc1)OC3(C)C. The van der Waals surface area contributed by atoms with E-state index in [1.54, 1.807) is 12.1 Å². The number of alkyl halides is 3. The van der Waals surface area contributed by atoms with Crippen molar-refractivity contribution in [2.45, 2.75) is 135 Å². The number of rotatable bonds is 4. The molecule has 2 heterocycles. The van der Waals surface area contributed by atoms with E-state index in [1.807, 2.05) is 13.8 Å². The van der Waals surface area contributed by atoms with Crippen molar-refractivity contribution in [1.82, 2.24) is 4.98 Å². The highest BCUT2D eigenvalue weighted by Gasteiger charge is 2.49. The lowest BCUT2D eigenvalue weighted by molar-refractivity contribution is -0.137. The van der Waals surface area contributed by atoms with Gasteiger partial charge in [-0.05, 0) is 92.3 Å². The molecule has 0 radical (unpaired) electrons. The number of pyridine rings is 1. The molecule has 1 aromatic carbocycles. The van der Waals surface area contributed by atoms with E-state index < -0.39 is 31.8 Å². The van der Waals surface area contributed by atoms with Gasteiger partial charge >= 0.3 is 6.18 Å². The third-order valence-corrected chi connectivity index (χ3v) is 14.4. The summed E-state index contributed by atoms with van der Waals surface area (Å²) in [5, 5.41) is 0.0697. The Labute approximate surface area is 239 Å². The molecule has 2 aliphatic carbocycles. The molecule has 3 aliphatic rings. The lowest BCUT2D eigenvalue weighted by atomic mass is 9.70. The minimum atomic E-state index is -4.37. The van der Waals surface area contributed by atoms with Gasteiger partial charge in [-0.3, -0.25) is 4.98 Å². The summed E-state index contributed by atoms with van der Waals surface area (Å²) in [6.45, 7) is 20.2. The van der Waals surface area contributed by atoms with E-state index in [9.17, 15) is 13.2 Å². The van der Waals surface area contributed by atoms with Crippen LogP contribution in [0.3, 0.4) is 0 Å². The monoisotopic (exact) mass is 573 g/mol. The van der Waals surface area contributed by atoms with Crippen LogP contribution < -0.4 is 0 Å². The topological polar surface area (TPSA) is 31.4 Å². The van der Waals surface area contributed by atoms with Gasteiger partial charge in [0.25, 0.3) is 0 Å². The average Bonchev–Trinajstić information content (AvgIpc) is 3.42. The molecule has 1 fully saturated rings. The van der Waals surface area contributed by atoms with Gasteiger partial charge in [0.1, 0.15) is 11.7 Å². The number of hydrogen-bond donors (Lipinski definition) is 0. The van der Waals surface area contributed by atoms with E-state index in [-0.39, 0.29) is 16.6 Å². The van der Waals surface area contributed by atoms with E-state index in [1.165, 1.54) is 36.1 Å². The highest BCUT2D eigenvalue weighted by atomic mass is 28.4. The normalized spacial score (nSPS) is 24.7. The molecular weight excluding hydrogens is 527 g/mol. The minimum Gasteiger partial charge on any atom is -0.410 e. The van der Waals surface area contributed by atoms with Crippen LogP contribution in [0.25, 0.3) is 0 Å². The summed E-state index contributed by atoms with van der Waals surface area (Å²) < 4.78 is 54.1. The second-order valence-corrected chi connectivity index (χ2v) is 19.9. The second-order valence-electron chi connectivity index (χ2n) is 15.2. The molecule has 1 saturated carbocycles. The zero-order valence-electron chi connectivity index (χ0n) is 25.7. The first-order valence-electron chi connectivity index (χ1n) is 14.9. The minimum absolute atomic E-state index is 0.0463. The molecule has 0 amide bonds. The largest absolute Gasteiger partial charge is 0.416 e. The fourth-order valence-corrected chi connectivity index (χ4v) is 8.08. The first-order chi connectivity index (χ1) is 18.3. The Bertz CT molecular complexity index is 1270. The summed E-state index contributed by atoms with van der Waals surface area (Å²) in [5.41, 5.74) is 5.25. The van der Waals surface area contributed by atoms with E-state index in [2.05, 4.69) is 47.7 Å². The zero-order valence-corrected chi connectivity index (χ0v) is 26.7. The van der Waals surface area contributed by atoms with Crippen LogP contribution in [0, 0.1) is 5.41 Å². The summed E-state index contributed by atoms with van der Waals surface area (Å²) >= 11 is 0. The molecule has 0 bridgehead atoms. The van der Waals surface area contributed by atoms with Crippen LogP contribution in [0.4, 0.5) is 13.2 Å². The molecular formula is C33H46F3NO2Si. The molecule has 220 valence electrons. The molecule has 0 N–H and O–H groups in total.